The van der Waals surface area contributed by atoms with Crippen molar-refractivity contribution in [2.45, 2.75) is 140 Å². The van der Waals surface area contributed by atoms with E-state index in [1.807, 2.05) is 35.8 Å². The highest BCUT2D eigenvalue weighted by molar-refractivity contribution is 5.98. The first-order valence-electron chi connectivity index (χ1n) is 28.6. The second-order valence-corrected chi connectivity index (χ2v) is 24.0. The Balaban J connectivity index is 0.632. The van der Waals surface area contributed by atoms with Gasteiger partial charge in [0, 0.05) is 82.2 Å². The zero-order chi connectivity index (χ0) is 53.6. The van der Waals surface area contributed by atoms with Gasteiger partial charge in [-0.15, -0.1) is 0 Å². The number of rotatable bonds is 13. The second kappa shape index (κ2) is 22.0. The summed E-state index contributed by atoms with van der Waals surface area (Å²) in [6.45, 7) is 8.70. The number of aromatic nitrogens is 2. The van der Waals surface area contributed by atoms with Gasteiger partial charge in [0.1, 0.15) is 17.7 Å². The number of carbonyl (C=O) groups excluding carboxylic acids is 5. The Bertz CT molecular complexity index is 2940. The van der Waals surface area contributed by atoms with Crippen molar-refractivity contribution in [3.05, 3.63) is 111 Å². The van der Waals surface area contributed by atoms with E-state index in [1.165, 1.54) is 12.1 Å². The van der Waals surface area contributed by atoms with Gasteiger partial charge >= 0.3 is 0 Å². The molecular weight excluding hydrogens is 983 g/mol. The molecule has 77 heavy (non-hydrogen) atoms. The van der Waals surface area contributed by atoms with E-state index in [4.69, 9.17) is 4.74 Å². The highest BCUT2D eigenvalue weighted by Gasteiger charge is 2.64. The Kier molecular flexibility index (Phi) is 15.1. The third-order valence-corrected chi connectivity index (χ3v) is 18.8. The molecular formula is C60H74F2N8O7. The summed E-state index contributed by atoms with van der Waals surface area (Å²) in [5, 5.41) is 11.0. The van der Waals surface area contributed by atoms with Gasteiger partial charge in [-0.1, -0.05) is 55.7 Å². The van der Waals surface area contributed by atoms with Crippen LogP contribution in [0, 0.1) is 28.9 Å². The molecule has 2 bridgehead atoms. The van der Waals surface area contributed by atoms with Crippen molar-refractivity contribution < 1.29 is 37.5 Å². The fraction of sp³-hybridized carbons (Fsp3) is 0.583. The van der Waals surface area contributed by atoms with Crippen molar-refractivity contribution in [2.24, 2.45) is 17.3 Å². The van der Waals surface area contributed by atoms with Crippen LogP contribution in [0.15, 0.2) is 65.5 Å². The monoisotopic (exact) mass is 1060 g/mol. The first kappa shape index (κ1) is 53.0. The molecule has 410 valence electrons. The van der Waals surface area contributed by atoms with E-state index < -0.39 is 35.0 Å². The molecule has 4 saturated heterocycles. The van der Waals surface area contributed by atoms with Crippen LogP contribution < -0.4 is 10.9 Å². The normalized spacial score (nSPS) is 24.7. The maximum atomic E-state index is 16.8. The number of piperidine rings is 3. The number of H-pyrrole nitrogens is 1. The van der Waals surface area contributed by atoms with Crippen LogP contribution in [0.2, 0.25) is 0 Å². The molecule has 4 aliphatic carbocycles. The van der Waals surface area contributed by atoms with Gasteiger partial charge in [-0.25, -0.2) is 13.9 Å². The number of fused-ring (bicyclic) bond motifs is 1. The lowest BCUT2D eigenvalue weighted by Gasteiger charge is -2.63. The Labute approximate surface area is 449 Å². The Morgan fingerprint density at radius 1 is 0.727 bits per heavy atom. The molecule has 1 aromatic heterocycles. The summed E-state index contributed by atoms with van der Waals surface area (Å²) in [7, 11) is 0. The zero-order valence-electron chi connectivity index (χ0n) is 44.7. The molecule has 2 atom stereocenters. The zero-order valence-corrected chi connectivity index (χ0v) is 44.7. The number of amides is 5. The summed E-state index contributed by atoms with van der Waals surface area (Å²) < 4.78 is 38.6. The Morgan fingerprint density at radius 2 is 1.40 bits per heavy atom. The highest BCUT2D eigenvalue weighted by Crippen LogP contribution is 2.66. The molecule has 5 amide bonds. The molecule has 1 unspecified atom stereocenters. The quantitative estimate of drug-likeness (QED) is 0.141. The number of hydrogen-bond acceptors (Lipinski definition) is 9. The molecule has 15 nitrogen and oxygen atoms in total. The van der Waals surface area contributed by atoms with Crippen LogP contribution in [-0.2, 0) is 25.5 Å². The number of halogens is 2. The van der Waals surface area contributed by atoms with Crippen molar-refractivity contribution in [1.29, 1.82) is 0 Å². The molecule has 8 fully saturated rings. The van der Waals surface area contributed by atoms with E-state index in [0.29, 0.717) is 105 Å². The van der Waals surface area contributed by atoms with Crippen molar-refractivity contribution in [3.63, 3.8) is 0 Å². The number of aromatic amines is 1. The van der Waals surface area contributed by atoms with Crippen LogP contribution in [0.3, 0.4) is 0 Å². The molecule has 4 aromatic rings. The van der Waals surface area contributed by atoms with Gasteiger partial charge in [-0.05, 0) is 132 Å². The lowest BCUT2D eigenvalue weighted by molar-refractivity contribution is -0.185. The summed E-state index contributed by atoms with van der Waals surface area (Å²) in [4.78, 5) is 91.3. The van der Waals surface area contributed by atoms with Crippen molar-refractivity contribution >= 4 is 40.3 Å². The predicted octanol–water partition coefficient (Wildman–Crippen LogP) is 7.21. The van der Waals surface area contributed by atoms with E-state index >= 15 is 8.78 Å². The van der Waals surface area contributed by atoms with Gasteiger partial charge in [0.05, 0.1) is 46.4 Å². The number of nitrogens with zero attached hydrogens (tertiary/aromatic N) is 6. The predicted molar refractivity (Wildman–Crippen MR) is 286 cm³/mol. The third kappa shape index (κ3) is 10.7. The van der Waals surface area contributed by atoms with Gasteiger partial charge in [0.25, 0.3) is 17.4 Å². The number of piperazine rings is 1. The summed E-state index contributed by atoms with van der Waals surface area (Å²) in [5.74, 6) is -1.74. The lowest BCUT2D eigenvalue weighted by Crippen LogP contribution is -2.66. The summed E-state index contributed by atoms with van der Waals surface area (Å²) in [5.41, 5.74) is 0.519. The van der Waals surface area contributed by atoms with E-state index in [2.05, 4.69) is 20.4 Å². The molecule has 0 radical (unpaired) electrons. The molecule has 4 saturated carbocycles. The lowest BCUT2D eigenvalue weighted by atomic mass is 9.43. The van der Waals surface area contributed by atoms with E-state index in [-0.39, 0.29) is 83.5 Å². The van der Waals surface area contributed by atoms with E-state index in [9.17, 15) is 28.8 Å². The van der Waals surface area contributed by atoms with Gasteiger partial charge < -0.3 is 29.7 Å². The Morgan fingerprint density at radius 3 is 2.09 bits per heavy atom. The van der Waals surface area contributed by atoms with Crippen LogP contribution in [0.4, 0.5) is 8.78 Å². The second-order valence-electron chi connectivity index (χ2n) is 24.0. The number of hydrogen-bond donors (Lipinski definition) is 2. The standard InChI is InChI=1S/C60H74F2N8O7/c1-59(2)48(16-9-23-70(59)58(76)60-34-39(35-60)36-60)45-14-8-15-46(52(45)62)54(72)63-53(40-10-4-3-5-11-40)57(75)68-26-21-42(22-27-68)77-41-19-24-66(25-20-41)37-51(71)67-28-30-69(31-29-67)56(74)47-32-38(17-18-49(47)61)33-50-43-12-6-7-13-44(43)55(73)65-64-50/h6-8,12-15,17-18,32,39-42,48,53H,3-5,9-11,16,19-31,33-37H2,1-2H3,(H,63,72)(H,65,73)/t39?,48?,53-,60?/m1/s1. The van der Waals surface area contributed by atoms with Crippen molar-refractivity contribution in [3.8, 4) is 0 Å². The molecule has 5 heterocycles. The number of likely N-dealkylation sites (tertiary alicyclic amines) is 3. The van der Waals surface area contributed by atoms with Crippen LogP contribution in [0.25, 0.3) is 10.8 Å². The average molecular weight is 1060 g/mol. The van der Waals surface area contributed by atoms with Gasteiger partial charge in [-0.2, -0.15) is 5.10 Å². The number of carbonyl (C=O) groups is 5. The minimum Gasteiger partial charge on any atom is -0.375 e. The first-order valence-corrected chi connectivity index (χ1v) is 28.6. The average Bonchev–Trinajstić information content (AvgIpc) is 3.46. The fourth-order valence-corrected chi connectivity index (χ4v) is 14.1. The van der Waals surface area contributed by atoms with Gasteiger partial charge in [-0.3, -0.25) is 33.7 Å². The van der Waals surface area contributed by atoms with E-state index in [0.717, 1.165) is 70.6 Å². The van der Waals surface area contributed by atoms with Crippen molar-refractivity contribution in [2.75, 3.05) is 65.4 Å². The number of ether oxygens (including phenoxy) is 1. The molecule has 12 rings (SSSR count). The molecule has 17 heteroatoms. The summed E-state index contributed by atoms with van der Waals surface area (Å²) in [6.07, 6.45) is 12.3. The third-order valence-electron chi connectivity index (χ3n) is 18.8. The molecule has 4 aliphatic heterocycles. The minimum atomic E-state index is -0.761. The Hall–Kier alpha value is -6.07. The maximum Gasteiger partial charge on any atom is 0.272 e. The minimum absolute atomic E-state index is 0.00701. The smallest absolute Gasteiger partial charge is 0.272 e. The molecule has 2 N–H and O–H groups in total. The van der Waals surface area contributed by atoms with Gasteiger partial charge in [0.15, 0.2) is 0 Å². The molecule has 0 spiro atoms. The van der Waals surface area contributed by atoms with E-state index in [1.54, 1.807) is 46.2 Å². The van der Waals surface area contributed by atoms with Crippen LogP contribution in [-0.4, -0.2) is 153 Å². The van der Waals surface area contributed by atoms with Crippen molar-refractivity contribution in [1.82, 2.24) is 40.0 Å². The van der Waals surface area contributed by atoms with Crippen LogP contribution in [0.1, 0.15) is 147 Å². The largest absolute Gasteiger partial charge is 0.375 e. The van der Waals surface area contributed by atoms with Gasteiger partial charge in [0.2, 0.25) is 17.7 Å². The fourth-order valence-electron chi connectivity index (χ4n) is 14.1. The topological polar surface area (TPSA) is 169 Å². The first-order chi connectivity index (χ1) is 37.2. The highest BCUT2D eigenvalue weighted by atomic mass is 19.1. The summed E-state index contributed by atoms with van der Waals surface area (Å²) >= 11 is 0. The SMILES string of the molecule is CC1(C)C(c2cccc(C(=O)N[C@@H](C(=O)N3CCC(OC4CCN(CC(=O)N5CCN(C(=O)c6cc(Cc7n[nH]c(=O)c8ccccc78)ccc6F)CC5)CC4)CC3)C3CCCCC3)c2F)CCCN1C(=O)C12CC(C1)C2. The number of benzene rings is 3. The number of nitrogens with one attached hydrogen (secondary N) is 2. The molecule has 3 aromatic carbocycles. The summed E-state index contributed by atoms with van der Waals surface area (Å²) in [6, 6.07) is 15.8. The molecule has 8 aliphatic rings. The van der Waals surface area contributed by atoms with Crippen LogP contribution in [0.5, 0.6) is 0 Å². The van der Waals surface area contributed by atoms with Crippen LogP contribution >= 0.6 is 0 Å². The maximum absolute atomic E-state index is 16.8.